The molecular weight excluding hydrogens is 248 g/mol. The number of para-hydroxylation sites is 1. The topological polar surface area (TPSA) is 55.1 Å². The second-order valence-corrected chi connectivity index (χ2v) is 4.26. The smallest absolute Gasteiger partial charge is 0.220 e. The van der Waals surface area contributed by atoms with Crippen molar-refractivity contribution in [3.63, 3.8) is 0 Å². The Labute approximate surface area is 116 Å². The second-order valence-electron chi connectivity index (χ2n) is 4.26. The van der Waals surface area contributed by atoms with Crippen LogP contribution in [0.5, 0.6) is 0 Å². The lowest BCUT2D eigenvalue weighted by Gasteiger charge is -2.06. The highest BCUT2D eigenvalue weighted by molar-refractivity contribution is 5.85. The zero-order valence-electron chi connectivity index (χ0n) is 10.9. The minimum absolute atomic E-state index is 0. The molecule has 0 unspecified atom stereocenters. The number of amides is 1. The Morgan fingerprint density at radius 3 is 2.67 bits per heavy atom. The number of anilines is 1. The highest BCUT2D eigenvalue weighted by atomic mass is 35.5. The third kappa shape index (κ3) is 6.50. The molecule has 1 aromatic carbocycles. The molecule has 0 aliphatic heterocycles. The summed E-state index contributed by atoms with van der Waals surface area (Å²) in [6.07, 6.45) is 4.64. The van der Waals surface area contributed by atoms with Gasteiger partial charge in [0, 0.05) is 18.7 Å². The van der Waals surface area contributed by atoms with Crippen molar-refractivity contribution in [2.24, 2.45) is 0 Å². The van der Waals surface area contributed by atoms with Gasteiger partial charge >= 0.3 is 0 Å². The minimum Gasteiger partial charge on any atom is -0.399 e. The van der Waals surface area contributed by atoms with Crippen LogP contribution in [0.25, 0.3) is 0 Å². The Morgan fingerprint density at radius 1 is 1.28 bits per heavy atom. The molecule has 0 fully saturated rings. The summed E-state index contributed by atoms with van der Waals surface area (Å²) in [5.74, 6) is 0.115. The molecule has 0 aromatic heterocycles. The molecule has 0 aliphatic rings. The van der Waals surface area contributed by atoms with Crippen LogP contribution < -0.4 is 11.1 Å². The fourth-order valence-corrected chi connectivity index (χ4v) is 1.70. The van der Waals surface area contributed by atoms with Gasteiger partial charge in [-0.1, -0.05) is 38.0 Å². The van der Waals surface area contributed by atoms with Gasteiger partial charge in [-0.05, 0) is 24.5 Å². The Bertz CT molecular complexity index is 355. The lowest BCUT2D eigenvalue weighted by Crippen LogP contribution is -2.24. The first-order valence-electron chi connectivity index (χ1n) is 6.34. The molecular formula is C14H23ClN2O. The van der Waals surface area contributed by atoms with Crippen molar-refractivity contribution in [3.05, 3.63) is 29.8 Å². The molecule has 3 nitrogen and oxygen atoms in total. The first kappa shape index (κ1) is 16.8. The van der Waals surface area contributed by atoms with Crippen LogP contribution in [0.15, 0.2) is 24.3 Å². The van der Waals surface area contributed by atoms with Crippen molar-refractivity contribution in [3.8, 4) is 0 Å². The van der Waals surface area contributed by atoms with Crippen LogP contribution in [0.1, 0.15) is 38.2 Å². The van der Waals surface area contributed by atoms with Crippen LogP contribution in [0, 0.1) is 0 Å². The Morgan fingerprint density at radius 2 is 2.00 bits per heavy atom. The van der Waals surface area contributed by atoms with Gasteiger partial charge in [0.25, 0.3) is 0 Å². The number of unbranched alkanes of at least 4 members (excludes halogenated alkanes) is 2. The van der Waals surface area contributed by atoms with Gasteiger partial charge in [-0.3, -0.25) is 4.79 Å². The average molecular weight is 271 g/mol. The van der Waals surface area contributed by atoms with Crippen LogP contribution >= 0.6 is 12.4 Å². The number of benzene rings is 1. The van der Waals surface area contributed by atoms with Gasteiger partial charge in [-0.2, -0.15) is 0 Å². The Hall–Kier alpha value is -1.22. The largest absolute Gasteiger partial charge is 0.399 e. The van der Waals surface area contributed by atoms with Gasteiger partial charge < -0.3 is 11.1 Å². The van der Waals surface area contributed by atoms with Gasteiger partial charge in [0.15, 0.2) is 0 Å². The molecule has 0 heterocycles. The van der Waals surface area contributed by atoms with Crippen LogP contribution in [-0.2, 0) is 11.2 Å². The molecule has 0 aliphatic carbocycles. The van der Waals surface area contributed by atoms with Crippen molar-refractivity contribution in [1.82, 2.24) is 5.32 Å². The maximum absolute atomic E-state index is 11.5. The second kappa shape index (κ2) is 9.77. The molecule has 102 valence electrons. The fraction of sp³-hybridized carbons (Fsp3) is 0.500. The molecule has 1 amide bonds. The monoisotopic (exact) mass is 270 g/mol. The van der Waals surface area contributed by atoms with E-state index in [-0.39, 0.29) is 18.3 Å². The Kier molecular flexibility index (Phi) is 9.11. The number of rotatable bonds is 7. The SMILES string of the molecule is CCCCCNC(=O)CCc1ccccc1N.Cl. The number of carbonyl (C=O) groups is 1. The van der Waals surface area contributed by atoms with E-state index in [1.54, 1.807) is 0 Å². The summed E-state index contributed by atoms with van der Waals surface area (Å²) in [6.45, 7) is 2.94. The lowest BCUT2D eigenvalue weighted by molar-refractivity contribution is -0.121. The van der Waals surface area contributed by atoms with Crippen LogP contribution in [0.3, 0.4) is 0 Å². The molecule has 1 rings (SSSR count). The van der Waals surface area contributed by atoms with E-state index >= 15 is 0 Å². The molecule has 0 bridgehead atoms. The van der Waals surface area contributed by atoms with Crippen molar-refractivity contribution < 1.29 is 4.79 Å². The molecule has 0 saturated carbocycles. The van der Waals surface area contributed by atoms with Gasteiger partial charge in [0.2, 0.25) is 5.91 Å². The molecule has 18 heavy (non-hydrogen) atoms. The Balaban J connectivity index is 0.00000289. The average Bonchev–Trinajstić information content (AvgIpc) is 2.34. The van der Waals surface area contributed by atoms with E-state index < -0.39 is 0 Å². The van der Waals surface area contributed by atoms with E-state index in [9.17, 15) is 4.79 Å². The van der Waals surface area contributed by atoms with E-state index in [1.807, 2.05) is 24.3 Å². The predicted molar refractivity (Wildman–Crippen MR) is 79.0 cm³/mol. The van der Waals surface area contributed by atoms with Crippen LogP contribution in [0.4, 0.5) is 5.69 Å². The van der Waals surface area contributed by atoms with Gasteiger partial charge in [0.1, 0.15) is 0 Å². The van der Waals surface area contributed by atoms with Crippen molar-refractivity contribution >= 4 is 24.0 Å². The highest BCUT2D eigenvalue weighted by Crippen LogP contribution is 2.12. The molecule has 3 N–H and O–H groups in total. The highest BCUT2D eigenvalue weighted by Gasteiger charge is 2.03. The first-order chi connectivity index (χ1) is 8.24. The number of hydrogen-bond donors (Lipinski definition) is 2. The summed E-state index contributed by atoms with van der Waals surface area (Å²) in [7, 11) is 0. The van der Waals surface area contributed by atoms with Crippen LogP contribution in [0.2, 0.25) is 0 Å². The number of halogens is 1. The minimum atomic E-state index is 0. The lowest BCUT2D eigenvalue weighted by atomic mass is 10.1. The molecule has 4 heteroatoms. The van der Waals surface area contributed by atoms with E-state index in [1.165, 1.54) is 12.8 Å². The number of hydrogen-bond acceptors (Lipinski definition) is 2. The van der Waals surface area contributed by atoms with E-state index in [4.69, 9.17) is 5.73 Å². The zero-order valence-corrected chi connectivity index (χ0v) is 11.8. The molecule has 1 aromatic rings. The predicted octanol–water partition coefficient (Wildman–Crippen LogP) is 2.93. The molecule has 0 saturated heterocycles. The quantitative estimate of drug-likeness (QED) is 0.591. The third-order valence-electron chi connectivity index (χ3n) is 2.78. The third-order valence-corrected chi connectivity index (χ3v) is 2.78. The normalized spacial score (nSPS) is 9.61. The summed E-state index contributed by atoms with van der Waals surface area (Å²) in [5, 5.41) is 2.93. The van der Waals surface area contributed by atoms with Gasteiger partial charge in [-0.15, -0.1) is 12.4 Å². The van der Waals surface area contributed by atoms with Crippen molar-refractivity contribution in [1.29, 1.82) is 0 Å². The maximum Gasteiger partial charge on any atom is 0.220 e. The van der Waals surface area contributed by atoms with Gasteiger partial charge in [-0.25, -0.2) is 0 Å². The summed E-state index contributed by atoms with van der Waals surface area (Å²) in [6, 6.07) is 7.70. The maximum atomic E-state index is 11.5. The summed E-state index contributed by atoms with van der Waals surface area (Å²) < 4.78 is 0. The number of nitrogen functional groups attached to an aromatic ring is 1. The first-order valence-corrected chi connectivity index (χ1v) is 6.34. The number of nitrogens with one attached hydrogen (secondary N) is 1. The number of carbonyl (C=O) groups excluding carboxylic acids is 1. The van der Waals surface area contributed by atoms with Crippen molar-refractivity contribution in [2.75, 3.05) is 12.3 Å². The summed E-state index contributed by atoms with van der Waals surface area (Å²) in [5.41, 5.74) is 7.64. The van der Waals surface area contributed by atoms with E-state index in [2.05, 4.69) is 12.2 Å². The number of nitrogens with two attached hydrogens (primary N) is 1. The van der Waals surface area contributed by atoms with Crippen molar-refractivity contribution in [2.45, 2.75) is 39.0 Å². The fourth-order valence-electron chi connectivity index (χ4n) is 1.70. The summed E-state index contributed by atoms with van der Waals surface area (Å²) in [4.78, 5) is 11.5. The number of aryl methyl sites for hydroxylation is 1. The van der Waals surface area contributed by atoms with Crippen LogP contribution in [-0.4, -0.2) is 12.5 Å². The summed E-state index contributed by atoms with van der Waals surface area (Å²) >= 11 is 0. The van der Waals surface area contributed by atoms with Gasteiger partial charge in [0.05, 0.1) is 0 Å². The molecule has 0 spiro atoms. The van der Waals surface area contributed by atoms with E-state index in [0.29, 0.717) is 12.8 Å². The van der Waals surface area contributed by atoms with E-state index in [0.717, 1.165) is 24.2 Å². The molecule has 0 atom stereocenters. The standard InChI is InChI=1S/C14H22N2O.ClH/c1-2-3-6-11-16-14(17)10-9-12-7-4-5-8-13(12)15;/h4-5,7-8H,2-3,6,9-11,15H2,1H3,(H,16,17);1H. The zero-order chi connectivity index (χ0) is 12.5. The molecule has 0 radical (unpaired) electrons.